The second-order valence-electron chi connectivity index (χ2n) is 7.10. The van der Waals surface area contributed by atoms with Gasteiger partial charge in [-0.1, -0.05) is 0 Å². The van der Waals surface area contributed by atoms with E-state index < -0.39 is 10.8 Å². The van der Waals surface area contributed by atoms with Crippen molar-refractivity contribution in [2.75, 3.05) is 0 Å². The van der Waals surface area contributed by atoms with Crippen LogP contribution in [0.2, 0.25) is 0 Å². The lowest BCUT2D eigenvalue weighted by Crippen LogP contribution is -2.49. The number of rotatable bonds is 3. The highest BCUT2D eigenvalue weighted by Crippen LogP contribution is 2.62. The van der Waals surface area contributed by atoms with Crippen molar-refractivity contribution in [3.8, 4) is 0 Å². The molecule has 2 nitrogen and oxygen atoms in total. The van der Waals surface area contributed by atoms with Crippen molar-refractivity contribution in [1.29, 1.82) is 0 Å². The number of hydrogen-bond acceptors (Lipinski definition) is 1. The number of alkyl halides is 1. The highest BCUT2D eigenvalue weighted by Gasteiger charge is 2.53. The van der Waals surface area contributed by atoms with E-state index in [4.69, 9.17) is 11.6 Å². The van der Waals surface area contributed by atoms with Gasteiger partial charge in [0.25, 0.3) is 0 Å². The molecule has 0 spiro atoms. The monoisotopic (exact) mass is 256 g/mol. The van der Waals surface area contributed by atoms with Crippen LogP contribution in [0, 0.1) is 23.2 Å². The minimum atomic E-state index is -1.06. The molecule has 0 amide bonds. The Hall–Kier alpha value is -0.240. The SMILES string of the molecule is CC(Cl)(CC12CC3CC(CC(C3)C1)C2)C(=O)O. The van der Waals surface area contributed by atoms with Crippen LogP contribution >= 0.6 is 11.6 Å². The predicted molar refractivity (Wildman–Crippen MR) is 67.1 cm³/mol. The number of halogens is 1. The van der Waals surface area contributed by atoms with Gasteiger partial charge in [-0.25, -0.2) is 0 Å². The van der Waals surface area contributed by atoms with Crippen LogP contribution in [0.5, 0.6) is 0 Å². The number of carboxylic acids is 1. The first kappa shape index (κ1) is 11.8. The zero-order valence-corrected chi connectivity index (χ0v) is 11.2. The van der Waals surface area contributed by atoms with E-state index in [1.807, 2.05) is 0 Å². The molecule has 0 aliphatic heterocycles. The van der Waals surface area contributed by atoms with Crippen molar-refractivity contribution >= 4 is 17.6 Å². The molecule has 1 N–H and O–H groups in total. The molecule has 4 saturated carbocycles. The molecule has 0 aromatic rings. The quantitative estimate of drug-likeness (QED) is 0.783. The zero-order valence-electron chi connectivity index (χ0n) is 10.4. The van der Waals surface area contributed by atoms with Gasteiger partial charge in [-0.05, 0) is 75.0 Å². The Labute approximate surface area is 108 Å². The summed E-state index contributed by atoms with van der Waals surface area (Å²) >= 11 is 6.21. The molecular weight excluding hydrogens is 236 g/mol. The summed E-state index contributed by atoms with van der Waals surface area (Å²) in [6.45, 7) is 1.68. The molecule has 17 heavy (non-hydrogen) atoms. The number of carboxylic acid groups (broad SMARTS) is 1. The Morgan fingerprint density at radius 2 is 1.65 bits per heavy atom. The van der Waals surface area contributed by atoms with E-state index in [9.17, 15) is 9.90 Å². The minimum absolute atomic E-state index is 0.254. The summed E-state index contributed by atoms with van der Waals surface area (Å²) in [6.07, 6.45) is 8.54. The van der Waals surface area contributed by atoms with Gasteiger partial charge in [-0.2, -0.15) is 0 Å². The molecule has 4 aliphatic rings. The largest absolute Gasteiger partial charge is 0.480 e. The molecule has 0 radical (unpaired) electrons. The minimum Gasteiger partial charge on any atom is -0.480 e. The van der Waals surface area contributed by atoms with Crippen LogP contribution in [0.15, 0.2) is 0 Å². The molecule has 96 valence electrons. The normalized spacial score (nSPS) is 46.8. The van der Waals surface area contributed by atoms with Crippen LogP contribution < -0.4 is 0 Å². The molecule has 4 rings (SSSR count). The van der Waals surface area contributed by atoms with Gasteiger partial charge in [0.1, 0.15) is 4.87 Å². The van der Waals surface area contributed by atoms with E-state index in [2.05, 4.69) is 0 Å². The third kappa shape index (κ3) is 1.99. The van der Waals surface area contributed by atoms with Crippen molar-refractivity contribution in [1.82, 2.24) is 0 Å². The molecule has 1 unspecified atom stereocenters. The van der Waals surface area contributed by atoms with Gasteiger partial charge in [0, 0.05) is 0 Å². The Balaban J connectivity index is 1.80. The average molecular weight is 257 g/mol. The second-order valence-corrected chi connectivity index (χ2v) is 7.93. The van der Waals surface area contributed by atoms with E-state index >= 15 is 0 Å². The Kier molecular flexibility index (Phi) is 2.52. The first-order valence-corrected chi connectivity index (χ1v) is 7.19. The summed E-state index contributed by atoms with van der Waals surface area (Å²) in [5.74, 6) is 1.74. The van der Waals surface area contributed by atoms with Crippen LogP contribution in [0.1, 0.15) is 51.9 Å². The van der Waals surface area contributed by atoms with Gasteiger partial charge in [0.15, 0.2) is 0 Å². The lowest BCUT2D eigenvalue weighted by atomic mass is 9.48. The highest BCUT2D eigenvalue weighted by atomic mass is 35.5. The van der Waals surface area contributed by atoms with Gasteiger partial charge in [0.05, 0.1) is 0 Å². The van der Waals surface area contributed by atoms with Crippen LogP contribution in [0.3, 0.4) is 0 Å². The molecule has 0 heterocycles. The summed E-state index contributed by atoms with van der Waals surface area (Å²) in [5, 5.41) is 9.21. The predicted octanol–water partition coefficient (Wildman–Crippen LogP) is 3.68. The van der Waals surface area contributed by atoms with Gasteiger partial charge < -0.3 is 5.11 Å². The molecule has 4 bridgehead atoms. The number of aliphatic carboxylic acids is 1. The van der Waals surface area contributed by atoms with E-state index in [1.165, 1.54) is 38.5 Å². The summed E-state index contributed by atoms with van der Waals surface area (Å²) in [5.41, 5.74) is 0.254. The number of hydrogen-bond donors (Lipinski definition) is 1. The van der Waals surface area contributed by atoms with E-state index in [1.54, 1.807) is 6.92 Å². The summed E-state index contributed by atoms with van der Waals surface area (Å²) < 4.78 is 0. The summed E-state index contributed by atoms with van der Waals surface area (Å²) in [4.78, 5) is 10.1. The maximum atomic E-state index is 11.2. The van der Waals surface area contributed by atoms with Crippen LogP contribution in [0.25, 0.3) is 0 Å². The molecule has 4 fully saturated rings. The standard InChI is InChI=1S/C14H21ClO2/c1-13(15,12(16)17)8-14-5-9-2-10(6-14)4-11(3-9)7-14/h9-11H,2-8H2,1H3,(H,16,17). The van der Waals surface area contributed by atoms with Crippen molar-refractivity contribution in [2.45, 2.75) is 56.7 Å². The average Bonchev–Trinajstić information content (AvgIpc) is 2.12. The third-order valence-electron chi connectivity index (χ3n) is 5.32. The van der Waals surface area contributed by atoms with Crippen LogP contribution in [-0.2, 0) is 4.79 Å². The fourth-order valence-electron chi connectivity index (χ4n) is 5.29. The lowest BCUT2D eigenvalue weighted by molar-refractivity contribution is -0.142. The topological polar surface area (TPSA) is 37.3 Å². The van der Waals surface area contributed by atoms with Crippen LogP contribution in [0.4, 0.5) is 0 Å². The highest BCUT2D eigenvalue weighted by molar-refractivity contribution is 6.33. The summed E-state index contributed by atoms with van der Waals surface area (Å²) in [6, 6.07) is 0. The van der Waals surface area contributed by atoms with Crippen molar-refractivity contribution in [2.24, 2.45) is 23.2 Å². The van der Waals surface area contributed by atoms with Gasteiger partial charge >= 0.3 is 5.97 Å². The smallest absolute Gasteiger partial charge is 0.324 e. The molecule has 0 aromatic heterocycles. The maximum Gasteiger partial charge on any atom is 0.324 e. The molecular formula is C14H21ClO2. The van der Waals surface area contributed by atoms with E-state index in [0.717, 1.165) is 17.8 Å². The zero-order chi connectivity index (χ0) is 12.3. The first-order valence-electron chi connectivity index (χ1n) is 6.81. The van der Waals surface area contributed by atoms with E-state index in [-0.39, 0.29) is 5.41 Å². The first-order chi connectivity index (χ1) is 7.89. The fraction of sp³-hybridized carbons (Fsp3) is 0.929. The van der Waals surface area contributed by atoms with E-state index in [0.29, 0.717) is 6.42 Å². The molecule has 1 atom stereocenters. The van der Waals surface area contributed by atoms with Gasteiger partial charge in [-0.3, -0.25) is 4.79 Å². The second kappa shape index (κ2) is 3.63. The lowest BCUT2D eigenvalue weighted by Gasteiger charge is -2.58. The van der Waals surface area contributed by atoms with Crippen molar-refractivity contribution < 1.29 is 9.90 Å². The molecule has 0 saturated heterocycles. The third-order valence-corrected chi connectivity index (χ3v) is 5.61. The molecule has 4 aliphatic carbocycles. The molecule has 0 aromatic carbocycles. The Morgan fingerprint density at radius 3 is 2.00 bits per heavy atom. The Morgan fingerprint density at radius 1 is 1.24 bits per heavy atom. The summed E-state index contributed by atoms with van der Waals surface area (Å²) in [7, 11) is 0. The Bertz CT molecular complexity index is 313. The fourth-order valence-corrected chi connectivity index (χ4v) is 5.57. The van der Waals surface area contributed by atoms with Crippen molar-refractivity contribution in [3.05, 3.63) is 0 Å². The molecule has 3 heteroatoms. The van der Waals surface area contributed by atoms with Crippen molar-refractivity contribution in [3.63, 3.8) is 0 Å². The number of carbonyl (C=O) groups is 1. The van der Waals surface area contributed by atoms with Gasteiger partial charge in [-0.15, -0.1) is 11.6 Å². The maximum absolute atomic E-state index is 11.2. The van der Waals surface area contributed by atoms with Gasteiger partial charge in [0.2, 0.25) is 0 Å². The van der Waals surface area contributed by atoms with Crippen LogP contribution in [-0.4, -0.2) is 16.0 Å².